The zero-order valence-corrected chi connectivity index (χ0v) is 14.2. The maximum absolute atomic E-state index is 13.2. The van der Waals surface area contributed by atoms with Gasteiger partial charge in [0.05, 0.1) is 25.2 Å². The van der Waals surface area contributed by atoms with Gasteiger partial charge in [-0.15, -0.1) is 0 Å². The molecular weight excluding hydrogens is 312 g/mol. The predicted octanol–water partition coefficient (Wildman–Crippen LogP) is 2.09. The minimum absolute atomic E-state index is 0.104. The minimum Gasteiger partial charge on any atom is -0.373 e. The van der Waals surface area contributed by atoms with Gasteiger partial charge in [0.1, 0.15) is 0 Å². The SMILES string of the molecule is O=C1CC2OCC=C3CN4CC[C@]56c7ccccc7N1C5[C@H]2[C@H]3CC46. The van der Waals surface area contributed by atoms with Crippen LogP contribution in [-0.2, 0) is 14.9 Å². The van der Waals surface area contributed by atoms with Crippen molar-refractivity contribution in [2.24, 2.45) is 11.8 Å². The van der Waals surface area contributed by atoms with Crippen LogP contribution in [0, 0.1) is 11.8 Å². The topological polar surface area (TPSA) is 32.8 Å². The van der Waals surface area contributed by atoms with Gasteiger partial charge in [-0.25, -0.2) is 0 Å². The van der Waals surface area contributed by atoms with Gasteiger partial charge in [0, 0.05) is 29.6 Å². The second-order valence-electron chi connectivity index (χ2n) is 8.78. The summed E-state index contributed by atoms with van der Waals surface area (Å²) in [6.45, 7) is 2.97. The van der Waals surface area contributed by atoms with Crippen LogP contribution in [0.5, 0.6) is 0 Å². The molecule has 1 spiro atoms. The number of ether oxygens (including phenoxy) is 1. The van der Waals surface area contributed by atoms with E-state index in [4.69, 9.17) is 4.74 Å². The second kappa shape index (κ2) is 4.18. The quantitative estimate of drug-likeness (QED) is 0.681. The monoisotopic (exact) mass is 334 g/mol. The van der Waals surface area contributed by atoms with Crippen LogP contribution in [0.2, 0.25) is 0 Å². The molecule has 4 fully saturated rings. The van der Waals surface area contributed by atoms with Crippen molar-refractivity contribution < 1.29 is 9.53 Å². The third-order valence-electron chi connectivity index (χ3n) is 8.22. The number of nitrogens with zero attached hydrogens (tertiary/aromatic N) is 2. The molecule has 0 radical (unpaired) electrons. The van der Waals surface area contributed by atoms with E-state index in [1.807, 2.05) is 0 Å². The van der Waals surface area contributed by atoms with Crippen LogP contribution in [0.1, 0.15) is 24.8 Å². The Morgan fingerprint density at radius 1 is 1.24 bits per heavy atom. The normalized spacial score (nSPS) is 45.9. The van der Waals surface area contributed by atoms with E-state index < -0.39 is 0 Å². The van der Waals surface area contributed by atoms with Gasteiger partial charge in [0.25, 0.3) is 0 Å². The smallest absolute Gasteiger partial charge is 0.229 e. The Kier molecular flexibility index (Phi) is 2.27. The number of amides is 1. The molecule has 3 unspecified atom stereocenters. The van der Waals surface area contributed by atoms with Crippen LogP contribution in [0.3, 0.4) is 0 Å². The highest BCUT2D eigenvalue weighted by molar-refractivity contribution is 5.99. The first-order chi connectivity index (χ1) is 12.3. The zero-order valence-electron chi connectivity index (χ0n) is 14.2. The third kappa shape index (κ3) is 1.33. The summed E-state index contributed by atoms with van der Waals surface area (Å²) in [5.74, 6) is 1.35. The minimum atomic E-state index is 0.104. The number of hydrogen-bond donors (Lipinski definition) is 0. The van der Waals surface area contributed by atoms with Crippen molar-refractivity contribution in [2.45, 2.75) is 42.9 Å². The summed E-state index contributed by atoms with van der Waals surface area (Å²) in [6.07, 6.45) is 5.43. The number of piperidine rings is 2. The maximum atomic E-state index is 13.2. The largest absolute Gasteiger partial charge is 0.373 e. The fraction of sp³-hybridized carbons (Fsp3) is 0.571. The average Bonchev–Trinajstić information content (AvgIpc) is 3.10. The lowest BCUT2D eigenvalue weighted by atomic mass is 9.53. The summed E-state index contributed by atoms with van der Waals surface area (Å²) in [6, 6.07) is 9.64. The Morgan fingerprint density at radius 2 is 2.16 bits per heavy atom. The maximum Gasteiger partial charge on any atom is 0.229 e. The molecule has 5 heterocycles. The Hall–Kier alpha value is -1.65. The molecule has 1 aliphatic carbocycles. The summed E-state index contributed by atoms with van der Waals surface area (Å²) in [7, 11) is 0. The van der Waals surface area contributed by atoms with Crippen molar-refractivity contribution >= 4 is 11.6 Å². The Labute approximate surface area is 147 Å². The molecule has 1 saturated carbocycles. The summed E-state index contributed by atoms with van der Waals surface area (Å²) < 4.78 is 6.25. The van der Waals surface area contributed by atoms with Gasteiger partial charge < -0.3 is 9.64 Å². The van der Waals surface area contributed by atoms with Gasteiger partial charge in [0.2, 0.25) is 5.91 Å². The molecule has 0 aromatic heterocycles. The lowest BCUT2D eigenvalue weighted by molar-refractivity contribution is -0.132. The van der Waals surface area contributed by atoms with Crippen molar-refractivity contribution in [1.82, 2.24) is 4.90 Å². The van der Waals surface area contributed by atoms with Gasteiger partial charge >= 0.3 is 0 Å². The molecule has 5 aliphatic heterocycles. The Morgan fingerprint density at radius 3 is 3.12 bits per heavy atom. The first kappa shape index (κ1) is 13.5. The summed E-state index contributed by atoms with van der Waals surface area (Å²) in [4.78, 5) is 18.1. The van der Waals surface area contributed by atoms with Crippen LogP contribution in [-0.4, -0.2) is 48.7 Å². The molecule has 3 saturated heterocycles. The van der Waals surface area contributed by atoms with Crippen LogP contribution in [0.4, 0.5) is 5.69 Å². The Bertz CT molecular complexity index is 848. The van der Waals surface area contributed by atoms with Crippen molar-refractivity contribution in [2.75, 3.05) is 24.6 Å². The molecule has 25 heavy (non-hydrogen) atoms. The number of carbonyl (C=O) groups is 1. The van der Waals surface area contributed by atoms with Gasteiger partial charge in [0.15, 0.2) is 0 Å². The molecule has 1 aromatic rings. The van der Waals surface area contributed by atoms with Crippen LogP contribution < -0.4 is 4.90 Å². The molecule has 0 N–H and O–H groups in total. The predicted molar refractivity (Wildman–Crippen MR) is 93.4 cm³/mol. The molecule has 1 amide bonds. The summed E-state index contributed by atoms with van der Waals surface area (Å²) in [5.41, 5.74) is 4.35. The van der Waals surface area contributed by atoms with Crippen LogP contribution in [0.15, 0.2) is 35.9 Å². The van der Waals surface area contributed by atoms with E-state index >= 15 is 0 Å². The van der Waals surface area contributed by atoms with Crippen LogP contribution in [0.25, 0.3) is 0 Å². The van der Waals surface area contributed by atoms with Crippen molar-refractivity contribution in [1.29, 1.82) is 0 Å². The van der Waals surface area contributed by atoms with E-state index in [9.17, 15) is 4.79 Å². The molecule has 128 valence electrons. The summed E-state index contributed by atoms with van der Waals surface area (Å²) in [5, 5.41) is 0. The molecule has 4 nitrogen and oxygen atoms in total. The zero-order chi connectivity index (χ0) is 16.3. The van der Waals surface area contributed by atoms with E-state index in [1.54, 1.807) is 5.57 Å². The number of anilines is 1. The molecule has 6 atom stereocenters. The fourth-order valence-corrected chi connectivity index (χ4v) is 7.51. The molecule has 1 aromatic carbocycles. The number of benzene rings is 1. The van der Waals surface area contributed by atoms with E-state index in [1.165, 1.54) is 30.6 Å². The van der Waals surface area contributed by atoms with E-state index in [0.29, 0.717) is 36.9 Å². The van der Waals surface area contributed by atoms with Crippen molar-refractivity contribution in [3.8, 4) is 0 Å². The van der Waals surface area contributed by atoms with Crippen LogP contribution >= 0.6 is 0 Å². The number of hydrogen-bond acceptors (Lipinski definition) is 3. The number of fused-ring (bicyclic) bond motifs is 2. The molecular formula is C21H22N2O2. The second-order valence-corrected chi connectivity index (χ2v) is 8.78. The first-order valence-electron chi connectivity index (χ1n) is 9.75. The highest BCUT2D eigenvalue weighted by Crippen LogP contribution is 2.65. The third-order valence-corrected chi connectivity index (χ3v) is 8.22. The molecule has 2 bridgehead atoms. The van der Waals surface area contributed by atoms with E-state index in [2.05, 4.69) is 40.1 Å². The first-order valence-corrected chi connectivity index (χ1v) is 9.75. The number of para-hydroxylation sites is 1. The lowest BCUT2D eigenvalue weighted by Gasteiger charge is -2.58. The highest BCUT2D eigenvalue weighted by atomic mass is 16.5. The summed E-state index contributed by atoms with van der Waals surface area (Å²) >= 11 is 0. The van der Waals surface area contributed by atoms with Gasteiger partial charge in [-0.2, -0.15) is 0 Å². The van der Waals surface area contributed by atoms with E-state index in [0.717, 1.165) is 6.54 Å². The number of carbonyl (C=O) groups excluding carboxylic acids is 1. The van der Waals surface area contributed by atoms with Crippen molar-refractivity contribution in [3.05, 3.63) is 41.5 Å². The van der Waals surface area contributed by atoms with Gasteiger partial charge in [-0.3, -0.25) is 9.69 Å². The standard InChI is InChI=1S/C21H22N2O2/c24-18-10-16-19-13-9-17-21(6-7-22(17)11-12(13)5-8-25-16)14-3-1-2-4-15(14)23(18)20(19)21/h1-5,13,16-17,19-20H,6-11H2/t13-,16?,17?,19-,20?,21+/m0/s1. The average molecular weight is 334 g/mol. The molecule has 7 rings (SSSR count). The van der Waals surface area contributed by atoms with E-state index in [-0.39, 0.29) is 17.4 Å². The fourth-order valence-electron chi connectivity index (χ4n) is 7.51. The Balaban J connectivity index is 1.55. The molecule has 6 aliphatic rings. The number of rotatable bonds is 0. The lowest BCUT2D eigenvalue weighted by Crippen LogP contribution is -2.69. The van der Waals surface area contributed by atoms with Gasteiger partial charge in [-0.1, -0.05) is 29.8 Å². The van der Waals surface area contributed by atoms with Gasteiger partial charge in [-0.05, 0) is 36.9 Å². The van der Waals surface area contributed by atoms with Crippen molar-refractivity contribution in [3.63, 3.8) is 0 Å². The highest BCUT2D eigenvalue weighted by Gasteiger charge is 2.70. The molecule has 4 heteroatoms.